The molecule has 0 spiro atoms. The summed E-state index contributed by atoms with van der Waals surface area (Å²) in [7, 11) is 0. The monoisotopic (exact) mass is 396 g/mol. The van der Waals surface area contributed by atoms with Crippen molar-refractivity contribution in [3.8, 4) is 11.1 Å². The van der Waals surface area contributed by atoms with E-state index in [4.69, 9.17) is 5.73 Å². The average molecular weight is 397 g/mol. The fourth-order valence-electron chi connectivity index (χ4n) is 4.18. The molecule has 0 radical (unpaired) electrons. The van der Waals surface area contributed by atoms with Gasteiger partial charge in [0.1, 0.15) is 5.82 Å². The highest BCUT2D eigenvalue weighted by Gasteiger charge is 2.42. The molecule has 2 amide bonds. The van der Waals surface area contributed by atoms with E-state index in [0.29, 0.717) is 32.4 Å². The van der Waals surface area contributed by atoms with Crippen molar-refractivity contribution < 1.29 is 14.0 Å². The lowest BCUT2D eigenvalue weighted by molar-refractivity contribution is -0.140. The van der Waals surface area contributed by atoms with E-state index in [1.54, 1.807) is 11.0 Å². The lowest BCUT2D eigenvalue weighted by Gasteiger charge is -2.41. The van der Waals surface area contributed by atoms with Gasteiger partial charge in [-0.25, -0.2) is 4.39 Å². The van der Waals surface area contributed by atoms with Gasteiger partial charge < -0.3 is 10.6 Å². The number of carbonyl (C=O) groups excluding carboxylic acids is 2. The quantitative estimate of drug-likeness (QED) is 0.796. The molecule has 1 aliphatic heterocycles. The maximum atomic E-state index is 13.6. The molecule has 0 saturated carbocycles. The number of carbonyl (C=O) groups is 2. The van der Waals surface area contributed by atoms with E-state index in [1.165, 1.54) is 12.1 Å². The van der Waals surface area contributed by atoms with Crippen molar-refractivity contribution in [3.63, 3.8) is 0 Å². The molecule has 3 rings (SSSR count). The minimum Gasteiger partial charge on any atom is -0.369 e. The highest BCUT2D eigenvalue weighted by molar-refractivity contribution is 5.83. The average Bonchev–Trinajstić information content (AvgIpc) is 2.68. The standard InChI is InChI=1S/C24H29FN2O2/c1-17(2)12-22(28)27-11-5-10-24(16-27,23(26)29)15-18-6-3-7-19(13-18)20-8-4-9-21(25)14-20/h3-4,6-9,13-14,17H,5,10-12,15-16H2,1-2H3,(H2,26,29)/t24-/m0/s1. The van der Waals surface area contributed by atoms with Gasteiger partial charge in [-0.1, -0.05) is 50.2 Å². The Labute approximate surface area is 171 Å². The summed E-state index contributed by atoms with van der Waals surface area (Å²) in [5.41, 5.74) is 7.73. The fraction of sp³-hybridized carbons (Fsp3) is 0.417. The molecule has 0 unspecified atom stereocenters. The van der Waals surface area contributed by atoms with Crippen LogP contribution in [0.15, 0.2) is 48.5 Å². The van der Waals surface area contributed by atoms with Crippen molar-refractivity contribution in [1.29, 1.82) is 0 Å². The van der Waals surface area contributed by atoms with E-state index in [1.807, 2.05) is 44.2 Å². The molecule has 0 aliphatic carbocycles. The van der Waals surface area contributed by atoms with E-state index in [9.17, 15) is 14.0 Å². The van der Waals surface area contributed by atoms with Gasteiger partial charge in [-0.05, 0) is 54.0 Å². The van der Waals surface area contributed by atoms with Gasteiger partial charge in [-0.15, -0.1) is 0 Å². The van der Waals surface area contributed by atoms with Crippen molar-refractivity contribution >= 4 is 11.8 Å². The first-order valence-electron chi connectivity index (χ1n) is 10.2. The summed E-state index contributed by atoms with van der Waals surface area (Å²) < 4.78 is 13.6. The lowest BCUT2D eigenvalue weighted by atomic mass is 9.74. The van der Waals surface area contributed by atoms with Crippen LogP contribution in [0, 0.1) is 17.2 Å². The first-order valence-corrected chi connectivity index (χ1v) is 10.2. The predicted molar refractivity (Wildman–Crippen MR) is 112 cm³/mol. The first kappa shape index (κ1) is 21.0. The zero-order chi connectivity index (χ0) is 21.0. The van der Waals surface area contributed by atoms with E-state index in [-0.39, 0.29) is 23.5 Å². The Morgan fingerprint density at radius 1 is 1.14 bits per heavy atom. The van der Waals surface area contributed by atoms with Gasteiger partial charge in [-0.2, -0.15) is 0 Å². The Morgan fingerprint density at radius 3 is 2.48 bits per heavy atom. The molecule has 5 heteroatoms. The normalized spacial score (nSPS) is 19.4. The maximum Gasteiger partial charge on any atom is 0.225 e. The smallest absolute Gasteiger partial charge is 0.225 e. The van der Waals surface area contributed by atoms with Gasteiger partial charge in [-0.3, -0.25) is 9.59 Å². The second kappa shape index (κ2) is 8.76. The first-order chi connectivity index (χ1) is 13.8. The van der Waals surface area contributed by atoms with Crippen molar-refractivity contribution in [2.24, 2.45) is 17.1 Å². The number of piperidine rings is 1. The molecule has 1 saturated heterocycles. The van der Waals surface area contributed by atoms with E-state index in [0.717, 1.165) is 23.1 Å². The molecule has 1 atom stereocenters. The van der Waals surface area contributed by atoms with Crippen LogP contribution < -0.4 is 5.73 Å². The minimum absolute atomic E-state index is 0.0823. The van der Waals surface area contributed by atoms with Gasteiger partial charge in [0.05, 0.1) is 5.41 Å². The zero-order valence-electron chi connectivity index (χ0n) is 17.2. The van der Waals surface area contributed by atoms with Crippen LogP contribution >= 0.6 is 0 Å². The Bertz CT molecular complexity index is 896. The van der Waals surface area contributed by atoms with E-state index < -0.39 is 5.41 Å². The van der Waals surface area contributed by atoms with Crippen molar-refractivity contribution in [2.45, 2.75) is 39.5 Å². The molecule has 2 N–H and O–H groups in total. The third kappa shape index (κ3) is 5.03. The number of benzene rings is 2. The van der Waals surface area contributed by atoms with Crippen LogP contribution in [0.1, 0.15) is 38.7 Å². The summed E-state index contributed by atoms with van der Waals surface area (Å²) >= 11 is 0. The maximum absolute atomic E-state index is 13.6. The number of halogens is 1. The number of hydrogen-bond acceptors (Lipinski definition) is 2. The molecule has 0 aromatic heterocycles. The Kier molecular flexibility index (Phi) is 6.36. The Hall–Kier alpha value is -2.69. The second-order valence-corrected chi connectivity index (χ2v) is 8.55. The number of rotatable bonds is 6. The molecule has 2 aromatic rings. The number of nitrogens with two attached hydrogens (primary N) is 1. The van der Waals surface area contributed by atoms with Gasteiger partial charge >= 0.3 is 0 Å². The molecule has 0 bridgehead atoms. The van der Waals surface area contributed by atoms with E-state index >= 15 is 0 Å². The van der Waals surface area contributed by atoms with Crippen LogP contribution in [-0.2, 0) is 16.0 Å². The summed E-state index contributed by atoms with van der Waals surface area (Å²) in [5.74, 6) is -0.294. The number of nitrogens with zero attached hydrogens (tertiary/aromatic N) is 1. The second-order valence-electron chi connectivity index (χ2n) is 8.55. The minimum atomic E-state index is -0.772. The topological polar surface area (TPSA) is 63.4 Å². The molecule has 29 heavy (non-hydrogen) atoms. The van der Waals surface area contributed by atoms with Crippen molar-refractivity contribution in [3.05, 3.63) is 59.9 Å². The largest absolute Gasteiger partial charge is 0.369 e. The molecular formula is C24H29FN2O2. The number of amides is 2. The number of likely N-dealkylation sites (tertiary alicyclic amines) is 1. The van der Waals surface area contributed by atoms with Crippen LogP contribution in [0.25, 0.3) is 11.1 Å². The highest BCUT2D eigenvalue weighted by atomic mass is 19.1. The van der Waals surface area contributed by atoms with Gasteiger partial charge in [0.15, 0.2) is 0 Å². The van der Waals surface area contributed by atoms with Crippen molar-refractivity contribution in [1.82, 2.24) is 4.90 Å². The predicted octanol–water partition coefficient (Wildman–Crippen LogP) is 4.18. The van der Waals surface area contributed by atoms with Crippen LogP contribution in [0.4, 0.5) is 4.39 Å². The van der Waals surface area contributed by atoms with Gasteiger partial charge in [0.2, 0.25) is 11.8 Å². The molecule has 1 aliphatic rings. The van der Waals surface area contributed by atoms with Crippen LogP contribution in [0.3, 0.4) is 0 Å². The number of primary amides is 1. The molecule has 154 valence electrons. The fourth-order valence-corrected chi connectivity index (χ4v) is 4.18. The van der Waals surface area contributed by atoms with E-state index in [2.05, 4.69) is 0 Å². The highest BCUT2D eigenvalue weighted by Crippen LogP contribution is 2.35. The molecule has 1 fully saturated rings. The molecule has 1 heterocycles. The van der Waals surface area contributed by atoms with Crippen molar-refractivity contribution in [2.75, 3.05) is 13.1 Å². The third-order valence-electron chi connectivity index (χ3n) is 5.66. The molecule has 2 aromatic carbocycles. The van der Waals surface area contributed by atoms with Gasteiger partial charge in [0.25, 0.3) is 0 Å². The van der Waals surface area contributed by atoms with Crippen LogP contribution in [0.5, 0.6) is 0 Å². The lowest BCUT2D eigenvalue weighted by Crippen LogP contribution is -2.53. The molecule has 4 nitrogen and oxygen atoms in total. The SMILES string of the molecule is CC(C)CC(=O)N1CCC[C@@](Cc2cccc(-c3cccc(F)c3)c2)(C(N)=O)C1. The summed E-state index contributed by atoms with van der Waals surface area (Å²) in [6.45, 7) is 5.06. The Morgan fingerprint density at radius 2 is 1.83 bits per heavy atom. The summed E-state index contributed by atoms with van der Waals surface area (Å²) in [6, 6.07) is 14.2. The summed E-state index contributed by atoms with van der Waals surface area (Å²) in [6.07, 6.45) is 2.37. The molecular weight excluding hydrogens is 367 g/mol. The Balaban J connectivity index is 1.84. The zero-order valence-corrected chi connectivity index (χ0v) is 17.2. The summed E-state index contributed by atoms with van der Waals surface area (Å²) in [4.78, 5) is 26.9. The number of hydrogen-bond donors (Lipinski definition) is 1. The third-order valence-corrected chi connectivity index (χ3v) is 5.66. The summed E-state index contributed by atoms with van der Waals surface area (Å²) in [5, 5.41) is 0. The van der Waals surface area contributed by atoms with Gasteiger partial charge in [0, 0.05) is 19.5 Å². The van der Waals surface area contributed by atoms with Crippen LogP contribution in [0.2, 0.25) is 0 Å². The van der Waals surface area contributed by atoms with Crippen LogP contribution in [-0.4, -0.2) is 29.8 Å².